The van der Waals surface area contributed by atoms with Gasteiger partial charge >= 0.3 is 0 Å². The zero-order valence-corrected chi connectivity index (χ0v) is 28.0. The third kappa shape index (κ3) is 4.76. The summed E-state index contributed by atoms with van der Waals surface area (Å²) < 4.78 is 0. The second-order valence-electron chi connectivity index (χ2n) is 10.2. The van der Waals surface area contributed by atoms with Crippen LogP contribution in [0.4, 0.5) is 0 Å². The molecule has 6 aromatic rings. The van der Waals surface area contributed by atoms with Crippen LogP contribution in [-0.4, -0.2) is 23.0 Å². The maximum atomic E-state index is 2.37. The van der Waals surface area contributed by atoms with Gasteiger partial charge in [-0.05, 0) is 22.3 Å². The third-order valence-electron chi connectivity index (χ3n) is 7.66. The lowest BCUT2D eigenvalue weighted by Crippen LogP contribution is -1.92. The highest BCUT2D eigenvalue weighted by molar-refractivity contribution is 8.27. The fourth-order valence-corrected chi connectivity index (χ4v) is 22.8. The molecule has 6 heteroatoms. The summed E-state index contributed by atoms with van der Waals surface area (Å²) in [7, 11) is -1.40. The number of rotatable bonds is 5. The molecule has 4 aromatic carbocycles. The average Bonchev–Trinajstić information content (AvgIpc) is 3.59. The van der Waals surface area contributed by atoms with E-state index in [1.54, 1.807) is 40.8 Å². The van der Waals surface area contributed by atoms with Gasteiger partial charge in [-0.25, -0.2) is 0 Å². The topological polar surface area (TPSA) is 0 Å². The normalized spacial score (nSPS) is 14.4. The third-order valence-corrected chi connectivity index (χ3v) is 21.1. The highest BCUT2D eigenvalue weighted by Gasteiger charge is 2.35. The first-order valence-corrected chi connectivity index (χ1v) is 21.5. The van der Waals surface area contributed by atoms with E-state index < -0.39 is 14.4 Å². The molecule has 0 amide bonds. The van der Waals surface area contributed by atoms with Crippen molar-refractivity contribution in [1.29, 1.82) is 0 Å². The summed E-state index contributed by atoms with van der Waals surface area (Å²) in [5.74, 6) is 4.70. The van der Waals surface area contributed by atoms with Crippen molar-refractivity contribution in [3.8, 4) is 43.4 Å². The molecule has 0 aliphatic carbocycles. The highest BCUT2D eigenvalue weighted by atomic mass is 32.2. The van der Waals surface area contributed by atoms with E-state index in [1.165, 1.54) is 45.3 Å². The second-order valence-corrected chi connectivity index (χ2v) is 20.0. The van der Waals surface area contributed by atoms with E-state index >= 15 is 0 Å². The highest BCUT2D eigenvalue weighted by Crippen LogP contribution is 2.81. The zero-order valence-electron chi connectivity index (χ0n) is 22.9. The Morgan fingerprint density at radius 1 is 0.310 bits per heavy atom. The van der Waals surface area contributed by atoms with E-state index in [-0.39, 0.29) is 0 Å². The summed E-state index contributed by atoms with van der Waals surface area (Å²) in [6.07, 6.45) is 0. The van der Waals surface area contributed by atoms with E-state index in [2.05, 4.69) is 168 Å². The van der Waals surface area contributed by atoms with Crippen LogP contribution in [-0.2, 0) is 0 Å². The van der Waals surface area contributed by atoms with Crippen LogP contribution in [0.25, 0.3) is 43.4 Å². The zero-order chi connectivity index (χ0) is 27.9. The van der Waals surface area contributed by atoms with Gasteiger partial charge in [0.15, 0.2) is 0 Å². The largest absolute Gasteiger partial charge is 0.123 e. The first-order chi connectivity index (χ1) is 20.9. The van der Waals surface area contributed by atoms with Crippen LogP contribution < -0.4 is 0 Å². The SMILES string of the molecule is c1ccc(-c2c3c(c(-c4ccccc4)p2-p2c(-c4ccccc4)c4c(c2-c2ccccc2)SCCS4)SCCS3)cc1. The van der Waals surface area contributed by atoms with Crippen LogP contribution in [0.5, 0.6) is 0 Å². The van der Waals surface area contributed by atoms with Crippen LogP contribution >= 0.6 is 61.5 Å². The summed E-state index contributed by atoms with van der Waals surface area (Å²) in [5, 5.41) is 6.44. The summed E-state index contributed by atoms with van der Waals surface area (Å²) in [5.41, 5.74) is 5.63. The molecular formula is C36H28P2S4. The van der Waals surface area contributed by atoms with Gasteiger partial charge in [0, 0.05) is 63.8 Å². The van der Waals surface area contributed by atoms with Crippen molar-refractivity contribution in [3.05, 3.63) is 121 Å². The predicted octanol–water partition coefficient (Wildman–Crippen LogP) is 13.0. The monoisotopic (exact) mass is 650 g/mol. The molecule has 0 saturated carbocycles. The van der Waals surface area contributed by atoms with Gasteiger partial charge in [0.2, 0.25) is 0 Å². The van der Waals surface area contributed by atoms with Gasteiger partial charge in [0.1, 0.15) is 0 Å². The predicted molar refractivity (Wildman–Crippen MR) is 194 cm³/mol. The number of benzene rings is 4. The lowest BCUT2D eigenvalue weighted by Gasteiger charge is -2.17. The van der Waals surface area contributed by atoms with Gasteiger partial charge in [0.05, 0.1) is 0 Å². The van der Waals surface area contributed by atoms with Crippen molar-refractivity contribution in [2.45, 2.75) is 19.6 Å². The number of thioether (sulfide) groups is 4. The van der Waals surface area contributed by atoms with Crippen LogP contribution in [0.15, 0.2) is 141 Å². The minimum atomic E-state index is -0.699. The molecule has 0 radical (unpaired) electrons. The Balaban J connectivity index is 1.59. The molecule has 4 heterocycles. The molecule has 0 unspecified atom stereocenters. The summed E-state index contributed by atoms with van der Waals surface area (Å²) in [4.78, 5) is 6.20. The Morgan fingerprint density at radius 3 is 0.738 bits per heavy atom. The van der Waals surface area contributed by atoms with Crippen molar-refractivity contribution in [2.75, 3.05) is 23.0 Å². The van der Waals surface area contributed by atoms with Gasteiger partial charge in [-0.15, -0.1) is 47.0 Å². The molecule has 2 aliphatic rings. The minimum Gasteiger partial charge on any atom is -0.123 e. The van der Waals surface area contributed by atoms with Gasteiger partial charge < -0.3 is 0 Å². The number of fused-ring (bicyclic) bond motifs is 2. The molecule has 2 aromatic heterocycles. The van der Waals surface area contributed by atoms with Crippen LogP contribution in [0.3, 0.4) is 0 Å². The molecule has 0 spiro atoms. The maximum absolute atomic E-state index is 2.37. The Kier molecular flexibility index (Phi) is 7.88. The molecule has 0 fully saturated rings. The molecule has 8 rings (SSSR count). The summed E-state index contributed by atoms with van der Waals surface area (Å²) >= 11 is 8.41. The van der Waals surface area contributed by atoms with Gasteiger partial charge in [-0.2, -0.15) is 0 Å². The summed E-state index contributed by atoms with van der Waals surface area (Å²) in [6.45, 7) is 0. The lowest BCUT2D eigenvalue weighted by atomic mass is 10.1. The second kappa shape index (κ2) is 12.1. The minimum absolute atomic E-state index is 0.699. The fourth-order valence-electron chi connectivity index (χ4n) is 5.95. The van der Waals surface area contributed by atoms with Gasteiger partial charge in [-0.3, -0.25) is 0 Å². The molecule has 206 valence electrons. The van der Waals surface area contributed by atoms with Gasteiger partial charge in [-0.1, -0.05) is 136 Å². The molecule has 0 nitrogen and oxygen atoms in total. The van der Waals surface area contributed by atoms with E-state index in [0.29, 0.717) is 0 Å². The van der Waals surface area contributed by atoms with Crippen molar-refractivity contribution in [2.24, 2.45) is 0 Å². The quantitative estimate of drug-likeness (QED) is 0.182. The standard InChI is InChI=1S/C36H28P2S4/c1-5-13-25(14-6-1)29-33-34(40-22-21-39-33)30(26-15-7-2-8-16-26)37(29)38-31(27-17-9-3-10-18-27)35-36(42-24-23-41-35)32(38)28-19-11-4-12-20-28/h1-20H,21-24H2. The fraction of sp³-hybridized carbons (Fsp3) is 0.111. The van der Waals surface area contributed by atoms with Crippen molar-refractivity contribution >= 4 is 61.5 Å². The Hall–Kier alpha value is -2.16. The molecule has 0 bridgehead atoms. The molecule has 0 saturated heterocycles. The number of hydrogen-bond donors (Lipinski definition) is 0. The lowest BCUT2D eigenvalue weighted by molar-refractivity contribution is 1.29. The van der Waals surface area contributed by atoms with Crippen LogP contribution in [0, 0.1) is 0 Å². The number of hydrogen-bond acceptors (Lipinski definition) is 4. The van der Waals surface area contributed by atoms with E-state index in [4.69, 9.17) is 0 Å². The average molecular weight is 651 g/mol. The molecule has 42 heavy (non-hydrogen) atoms. The van der Waals surface area contributed by atoms with Crippen molar-refractivity contribution in [3.63, 3.8) is 0 Å². The van der Waals surface area contributed by atoms with E-state index in [1.807, 2.05) is 0 Å². The Labute approximate surface area is 267 Å². The van der Waals surface area contributed by atoms with E-state index in [0.717, 1.165) is 0 Å². The summed E-state index contributed by atoms with van der Waals surface area (Å²) in [6, 6.07) is 45.5. The Bertz CT molecular complexity index is 1590. The molecule has 2 aliphatic heterocycles. The molecule has 0 N–H and O–H groups in total. The molecular weight excluding hydrogens is 623 g/mol. The maximum Gasteiger partial charge on any atom is 0.0343 e. The van der Waals surface area contributed by atoms with Crippen molar-refractivity contribution in [1.82, 2.24) is 0 Å². The van der Waals surface area contributed by atoms with E-state index in [9.17, 15) is 0 Å². The van der Waals surface area contributed by atoms with Gasteiger partial charge in [0.25, 0.3) is 0 Å². The smallest absolute Gasteiger partial charge is 0.0343 e. The van der Waals surface area contributed by atoms with Crippen LogP contribution in [0.2, 0.25) is 0 Å². The Morgan fingerprint density at radius 2 is 0.524 bits per heavy atom. The molecule has 0 atom stereocenters. The van der Waals surface area contributed by atoms with Crippen molar-refractivity contribution < 1.29 is 0 Å². The first kappa shape index (κ1) is 27.4. The van der Waals surface area contributed by atoms with Crippen LogP contribution in [0.1, 0.15) is 0 Å². The first-order valence-electron chi connectivity index (χ1n) is 14.2.